The number of unbranched alkanes of at least 4 members (excludes halogenated alkanes) is 7. The predicted molar refractivity (Wildman–Crippen MR) is 89.0 cm³/mol. The van der Waals surface area contributed by atoms with Gasteiger partial charge in [-0.15, -0.1) is 0 Å². The first kappa shape index (κ1) is 17.7. The van der Waals surface area contributed by atoms with Gasteiger partial charge in [0.2, 0.25) is 5.88 Å². The molecule has 0 aliphatic carbocycles. The Balaban J connectivity index is 2.14. The number of nitrogens with one attached hydrogen (secondary N) is 1. The lowest BCUT2D eigenvalue weighted by molar-refractivity contribution is 0.324. The molecule has 0 radical (unpaired) electrons. The van der Waals surface area contributed by atoms with E-state index < -0.39 is 0 Å². The van der Waals surface area contributed by atoms with Gasteiger partial charge in [-0.1, -0.05) is 51.9 Å². The van der Waals surface area contributed by atoms with E-state index in [1.807, 2.05) is 13.8 Å². The molecule has 0 aliphatic rings. The minimum Gasteiger partial charge on any atom is -0.478 e. The van der Waals surface area contributed by atoms with Gasteiger partial charge in [-0.25, -0.2) is 9.97 Å². The highest BCUT2D eigenvalue weighted by atomic mass is 16.5. The molecule has 0 saturated heterocycles. The van der Waals surface area contributed by atoms with Gasteiger partial charge in [-0.2, -0.15) is 0 Å². The molecule has 0 aliphatic heterocycles. The van der Waals surface area contributed by atoms with Gasteiger partial charge in [0, 0.05) is 6.54 Å². The van der Waals surface area contributed by atoms with Crippen LogP contribution in [0.5, 0.6) is 5.88 Å². The van der Waals surface area contributed by atoms with E-state index in [4.69, 9.17) is 4.74 Å². The third-order valence-electron chi connectivity index (χ3n) is 3.64. The summed E-state index contributed by atoms with van der Waals surface area (Å²) in [5.41, 5.74) is 0.999. The van der Waals surface area contributed by atoms with Crippen molar-refractivity contribution in [3.63, 3.8) is 0 Å². The zero-order valence-corrected chi connectivity index (χ0v) is 14.0. The van der Waals surface area contributed by atoms with Crippen molar-refractivity contribution in [1.29, 1.82) is 0 Å². The van der Waals surface area contributed by atoms with Gasteiger partial charge in [-0.05, 0) is 20.3 Å². The average Bonchev–Trinajstić information content (AvgIpc) is 2.49. The number of anilines is 1. The molecular formula is C17H31N3O. The summed E-state index contributed by atoms with van der Waals surface area (Å²) < 4.78 is 5.48. The zero-order chi connectivity index (χ0) is 15.3. The number of ether oxygens (including phenoxy) is 1. The van der Waals surface area contributed by atoms with Crippen molar-refractivity contribution in [3.8, 4) is 5.88 Å². The Hall–Kier alpha value is -1.32. The van der Waals surface area contributed by atoms with E-state index in [0.29, 0.717) is 12.5 Å². The maximum atomic E-state index is 5.48. The Bertz CT molecular complexity index is 382. The summed E-state index contributed by atoms with van der Waals surface area (Å²) in [4.78, 5) is 8.44. The van der Waals surface area contributed by atoms with Crippen molar-refractivity contribution in [2.24, 2.45) is 0 Å². The van der Waals surface area contributed by atoms with Crippen LogP contribution in [0, 0.1) is 6.92 Å². The van der Waals surface area contributed by atoms with Crippen LogP contribution in [0.1, 0.15) is 70.8 Å². The minimum absolute atomic E-state index is 0.634. The van der Waals surface area contributed by atoms with Crippen LogP contribution in [0.15, 0.2) is 6.33 Å². The van der Waals surface area contributed by atoms with Crippen LogP contribution >= 0.6 is 0 Å². The Morgan fingerprint density at radius 2 is 1.62 bits per heavy atom. The van der Waals surface area contributed by atoms with E-state index in [-0.39, 0.29) is 0 Å². The SMILES string of the molecule is CCCCCCCCCCNc1ncnc(OCC)c1C. The number of aromatic nitrogens is 2. The van der Waals surface area contributed by atoms with Crippen LogP contribution in [0.4, 0.5) is 5.82 Å². The summed E-state index contributed by atoms with van der Waals surface area (Å²) in [5.74, 6) is 1.59. The second-order valence-corrected chi connectivity index (χ2v) is 5.49. The summed E-state index contributed by atoms with van der Waals surface area (Å²) in [6.45, 7) is 7.83. The third kappa shape index (κ3) is 7.30. The Kier molecular flexibility index (Phi) is 9.58. The van der Waals surface area contributed by atoms with E-state index in [9.17, 15) is 0 Å². The Morgan fingerprint density at radius 1 is 0.952 bits per heavy atom. The first-order valence-corrected chi connectivity index (χ1v) is 8.47. The largest absolute Gasteiger partial charge is 0.478 e. The molecule has 0 unspecified atom stereocenters. The van der Waals surface area contributed by atoms with E-state index >= 15 is 0 Å². The first-order valence-electron chi connectivity index (χ1n) is 8.47. The van der Waals surface area contributed by atoms with E-state index in [0.717, 1.165) is 17.9 Å². The van der Waals surface area contributed by atoms with Gasteiger partial charge in [-0.3, -0.25) is 0 Å². The van der Waals surface area contributed by atoms with Crippen molar-refractivity contribution in [1.82, 2.24) is 9.97 Å². The van der Waals surface area contributed by atoms with Crippen LogP contribution in [-0.4, -0.2) is 23.1 Å². The van der Waals surface area contributed by atoms with Crippen LogP contribution in [0.3, 0.4) is 0 Å². The highest BCUT2D eigenvalue weighted by Gasteiger charge is 2.06. The maximum Gasteiger partial charge on any atom is 0.221 e. The molecule has 1 aromatic rings. The first-order chi connectivity index (χ1) is 10.3. The van der Waals surface area contributed by atoms with Crippen LogP contribution in [0.2, 0.25) is 0 Å². The fraction of sp³-hybridized carbons (Fsp3) is 0.765. The Morgan fingerprint density at radius 3 is 2.29 bits per heavy atom. The van der Waals surface area contributed by atoms with Crippen molar-refractivity contribution in [3.05, 3.63) is 11.9 Å². The van der Waals surface area contributed by atoms with Crippen molar-refractivity contribution in [2.75, 3.05) is 18.5 Å². The normalized spacial score (nSPS) is 10.6. The van der Waals surface area contributed by atoms with Gasteiger partial charge >= 0.3 is 0 Å². The molecule has 1 rings (SSSR count). The highest BCUT2D eigenvalue weighted by molar-refractivity contribution is 5.47. The summed E-state index contributed by atoms with van der Waals surface area (Å²) in [6, 6.07) is 0. The van der Waals surface area contributed by atoms with Gasteiger partial charge in [0.1, 0.15) is 12.1 Å². The molecule has 1 N–H and O–H groups in total. The molecule has 4 heteroatoms. The van der Waals surface area contributed by atoms with Crippen molar-refractivity contribution < 1.29 is 4.74 Å². The lowest BCUT2D eigenvalue weighted by atomic mass is 10.1. The van der Waals surface area contributed by atoms with E-state index in [1.165, 1.54) is 51.4 Å². The summed E-state index contributed by atoms with van der Waals surface area (Å²) >= 11 is 0. The van der Waals surface area contributed by atoms with Crippen LogP contribution in [-0.2, 0) is 0 Å². The molecule has 0 fully saturated rings. The lowest BCUT2D eigenvalue weighted by Gasteiger charge is -2.11. The fourth-order valence-electron chi connectivity index (χ4n) is 2.36. The van der Waals surface area contributed by atoms with Crippen LogP contribution < -0.4 is 10.1 Å². The minimum atomic E-state index is 0.634. The molecule has 0 saturated carbocycles. The molecule has 21 heavy (non-hydrogen) atoms. The van der Waals surface area contributed by atoms with E-state index in [1.54, 1.807) is 6.33 Å². The standard InChI is InChI=1S/C17H31N3O/c1-4-6-7-8-9-10-11-12-13-18-16-15(3)17(21-5-2)20-14-19-16/h14H,4-13H2,1-3H3,(H,18,19,20). The maximum absolute atomic E-state index is 5.48. The molecule has 120 valence electrons. The quantitative estimate of drug-likeness (QED) is 0.566. The van der Waals surface area contributed by atoms with Crippen molar-refractivity contribution >= 4 is 5.82 Å². The van der Waals surface area contributed by atoms with Gasteiger partial charge in [0.15, 0.2) is 0 Å². The number of rotatable bonds is 12. The Labute approximate surface area is 129 Å². The lowest BCUT2D eigenvalue weighted by Crippen LogP contribution is -2.07. The molecule has 0 bridgehead atoms. The van der Waals surface area contributed by atoms with Gasteiger partial charge in [0.05, 0.1) is 12.2 Å². The summed E-state index contributed by atoms with van der Waals surface area (Å²) in [6.07, 6.45) is 12.3. The number of hydrogen-bond acceptors (Lipinski definition) is 4. The highest BCUT2D eigenvalue weighted by Crippen LogP contribution is 2.20. The van der Waals surface area contributed by atoms with Gasteiger partial charge in [0.25, 0.3) is 0 Å². The van der Waals surface area contributed by atoms with Crippen LogP contribution in [0.25, 0.3) is 0 Å². The molecule has 0 aromatic carbocycles. The second kappa shape index (κ2) is 11.4. The summed E-state index contributed by atoms with van der Waals surface area (Å²) in [7, 11) is 0. The smallest absolute Gasteiger partial charge is 0.221 e. The molecule has 0 atom stereocenters. The molecular weight excluding hydrogens is 262 g/mol. The summed E-state index contributed by atoms with van der Waals surface area (Å²) in [5, 5.41) is 3.39. The average molecular weight is 293 g/mol. The van der Waals surface area contributed by atoms with Crippen molar-refractivity contribution in [2.45, 2.75) is 72.1 Å². The van der Waals surface area contributed by atoms with E-state index in [2.05, 4.69) is 22.2 Å². The number of nitrogens with zero attached hydrogens (tertiary/aromatic N) is 2. The molecule has 1 aromatic heterocycles. The topological polar surface area (TPSA) is 47.0 Å². The molecule has 0 spiro atoms. The molecule has 4 nitrogen and oxygen atoms in total. The zero-order valence-electron chi connectivity index (χ0n) is 14.0. The molecule has 1 heterocycles. The van der Waals surface area contributed by atoms with Gasteiger partial charge < -0.3 is 10.1 Å². The second-order valence-electron chi connectivity index (χ2n) is 5.49. The third-order valence-corrected chi connectivity index (χ3v) is 3.64. The molecule has 0 amide bonds. The number of hydrogen-bond donors (Lipinski definition) is 1. The fourth-order valence-corrected chi connectivity index (χ4v) is 2.36. The predicted octanol–water partition coefficient (Wildman–Crippen LogP) is 4.74. The monoisotopic (exact) mass is 293 g/mol.